The molecule has 1 atom stereocenters. The van der Waals surface area contributed by atoms with Crippen molar-refractivity contribution in [2.24, 2.45) is 5.92 Å². The van der Waals surface area contributed by atoms with Crippen molar-refractivity contribution in [1.82, 2.24) is 14.9 Å². The van der Waals surface area contributed by atoms with Crippen molar-refractivity contribution in [1.29, 1.82) is 0 Å². The quantitative estimate of drug-likeness (QED) is 0.685. The molecule has 0 aromatic heterocycles. The Morgan fingerprint density at radius 2 is 2.00 bits per heavy atom. The summed E-state index contributed by atoms with van der Waals surface area (Å²) in [6, 6.07) is 4.72. The summed E-state index contributed by atoms with van der Waals surface area (Å²) in [5.74, 6) is 0.346. The number of amides is 1. The lowest BCUT2D eigenvalue weighted by Gasteiger charge is -2.35. The van der Waals surface area contributed by atoms with E-state index < -0.39 is 10.0 Å². The largest absolute Gasteiger partial charge is 0.495 e. The molecule has 0 radical (unpaired) electrons. The van der Waals surface area contributed by atoms with Gasteiger partial charge >= 0.3 is 0 Å². The van der Waals surface area contributed by atoms with Crippen LogP contribution in [0.1, 0.15) is 50.9 Å². The minimum Gasteiger partial charge on any atom is -0.495 e. The van der Waals surface area contributed by atoms with Gasteiger partial charge in [0.05, 0.1) is 7.11 Å². The van der Waals surface area contributed by atoms with Gasteiger partial charge in [-0.3, -0.25) is 4.79 Å². The SMILES string of the molecule is COc1ccc(C(=O)NCC2CCCN(C(C)C)C2)cc1S(=O)(=O)NC(C)C. The van der Waals surface area contributed by atoms with E-state index in [1.54, 1.807) is 19.9 Å². The van der Waals surface area contributed by atoms with Crippen LogP contribution < -0.4 is 14.8 Å². The molecule has 1 aromatic rings. The second-order valence-electron chi connectivity index (χ2n) is 7.95. The van der Waals surface area contributed by atoms with Gasteiger partial charge in [0, 0.05) is 30.7 Å². The summed E-state index contributed by atoms with van der Waals surface area (Å²) in [5.41, 5.74) is 0.307. The molecule has 158 valence electrons. The number of carbonyl (C=O) groups is 1. The van der Waals surface area contributed by atoms with Crippen LogP contribution in [0.4, 0.5) is 0 Å². The molecule has 1 amide bonds. The first kappa shape index (κ1) is 22.6. The predicted octanol–water partition coefficient (Wildman–Crippen LogP) is 2.23. The summed E-state index contributed by atoms with van der Waals surface area (Å²) in [7, 11) is -2.36. The van der Waals surface area contributed by atoms with Crippen molar-refractivity contribution in [3.63, 3.8) is 0 Å². The Morgan fingerprint density at radius 1 is 1.29 bits per heavy atom. The van der Waals surface area contributed by atoms with Crippen molar-refractivity contribution >= 4 is 15.9 Å². The minimum atomic E-state index is -3.77. The fraction of sp³-hybridized carbons (Fsp3) is 0.650. The standard InChI is InChI=1S/C20H33N3O4S/c1-14(2)22-28(25,26)19-11-17(8-9-18(19)27-5)20(24)21-12-16-7-6-10-23(13-16)15(3)4/h8-9,11,14-16,22H,6-7,10,12-13H2,1-5H3,(H,21,24). The first-order valence-corrected chi connectivity index (χ1v) is 11.3. The van der Waals surface area contributed by atoms with Gasteiger partial charge in [-0.25, -0.2) is 13.1 Å². The van der Waals surface area contributed by atoms with Crippen molar-refractivity contribution in [3.05, 3.63) is 23.8 Å². The molecular formula is C20H33N3O4S. The summed E-state index contributed by atoms with van der Waals surface area (Å²) in [6.07, 6.45) is 2.22. The van der Waals surface area contributed by atoms with Gasteiger partial charge in [-0.1, -0.05) is 0 Å². The van der Waals surface area contributed by atoms with Crippen LogP contribution in [-0.4, -0.2) is 58.1 Å². The lowest BCUT2D eigenvalue weighted by Crippen LogP contribution is -2.43. The van der Waals surface area contributed by atoms with Crippen LogP contribution in [0, 0.1) is 5.92 Å². The molecular weight excluding hydrogens is 378 g/mol. The average molecular weight is 412 g/mol. The summed E-state index contributed by atoms with van der Waals surface area (Å²) in [4.78, 5) is 15.0. The van der Waals surface area contributed by atoms with Crippen LogP contribution in [0.3, 0.4) is 0 Å². The molecule has 8 heteroatoms. The number of methoxy groups -OCH3 is 1. The first-order chi connectivity index (χ1) is 13.1. The molecule has 1 aromatic carbocycles. The fourth-order valence-corrected chi connectivity index (χ4v) is 4.92. The number of ether oxygens (including phenoxy) is 1. The lowest BCUT2D eigenvalue weighted by atomic mass is 9.97. The molecule has 0 bridgehead atoms. The van der Waals surface area contributed by atoms with Gasteiger partial charge in [-0.2, -0.15) is 0 Å². The summed E-state index contributed by atoms with van der Waals surface area (Å²) in [5, 5.41) is 2.96. The maximum atomic E-state index is 12.6. The Morgan fingerprint density at radius 3 is 2.61 bits per heavy atom. The molecule has 2 N–H and O–H groups in total. The highest BCUT2D eigenvalue weighted by Gasteiger charge is 2.24. The van der Waals surface area contributed by atoms with Crippen LogP contribution in [0.25, 0.3) is 0 Å². The van der Waals surface area contributed by atoms with E-state index in [0.717, 1.165) is 25.9 Å². The van der Waals surface area contributed by atoms with Gasteiger partial charge in [0.15, 0.2) is 0 Å². The number of likely N-dealkylation sites (tertiary alicyclic amines) is 1. The zero-order chi connectivity index (χ0) is 20.9. The topological polar surface area (TPSA) is 87.7 Å². The second kappa shape index (κ2) is 9.71. The second-order valence-corrected chi connectivity index (χ2v) is 9.63. The van der Waals surface area contributed by atoms with Gasteiger partial charge in [0.1, 0.15) is 10.6 Å². The van der Waals surface area contributed by atoms with E-state index in [4.69, 9.17) is 4.74 Å². The normalized spacial score (nSPS) is 18.5. The zero-order valence-electron chi connectivity index (χ0n) is 17.5. The maximum Gasteiger partial charge on any atom is 0.251 e. The van der Waals surface area contributed by atoms with E-state index in [1.807, 2.05) is 0 Å². The van der Waals surface area contributed by atoms with Crippen molar-refractivity contribution in [2.45, 2.75) is 57.5 Å². The third-order valence-corrected chi connectivity index (χ3v) is 6.62. The minimum absolute atomic E-state index is 0.0278. The third kappa shape index (κ3) is 5.93. The number of carbonyl (C=O) groups excluding carboxylic acids is 1. The van der Waals surface area contributed by atoms with Gasteiger partial charge in [0.25, 0.3) is 5.91 Å². The average Bonchev–Trinajstić information content (AvgIpc) is 2.64. The van der Waals surface area contributed by atoms with Crippen LogP contribution in [-0.2, 0) is 10.0 Å². The number of sulfonamides is 1. The molecule has 0 aliphatic carbocycles. The number of nitrogens with one attached hydrogen (secondary N) is 2. The molecule has 1 unspecified atom stereocenters. The smallest absolute Gasteiger partial charge is 0.251 e. The van der Waals surface area contributed by atoms with E-state index in [0.29, 0.717) is 24.1 Å². The summed E-state index contributed by atoms with van der Waals surface area (Å²) >= 11 is 0. The molecule has 1 aliphatic heterocycles. The molecule has 28 heavy (non-hydrogen) atoms. The molecule has 0 spiro atoms. The highest BCUT2D eigenvalue weighted by atomic mass is 32.2. The molecule has 2 rings (SSSR count). The highest BCUT2D eigenvalue weighted by molar-refractivity contribution is 7.89. The first-order valence-electron chi connectivity index (χ1n) is 9.86. The van der Waals surface area contributed by atoms with Gasteiger partial charge in [-0.05, 0) is 71.2 Å². The van der Waals surface area contributed by atoms with Crippen LogP contribution in [0.15, 0.2) is 23.1 Å². The third-order valence-electron chi connectivity index (χ3n) is 4.94. The van der Waals surface area contributed by atoms with Crippen LogP contribution in [0.2, 0.25) is 0 Å². The van der Waals surface area contributed by atoms with E-state index in [-0.39, 0.29) is 22.6 Å². The van der Waals surface area contributed by atoms with Crippen LogP contribution in [0.5, 0.6) is 5.75 Å². The Bertz CT molecular complexity index is 778. The van der Waals surface area contributed by atoms with Gasteiger partial charge < -0.3 is 15.0 Å². The number of rotatable bonds is 8. The Hall–Kier alpha value is -1.64. The fourth-order valence-electron chi connectivity index (χ4n) is 3.47. The number of piperidine rings is 1. The Balaban J connectivity index is 2.10. The van der Waals surface area contributed by atoms with Crippen molar-refractivity contribution in [2.75, 3.05) is 26.7 Å². The van der Waals surface area contributed by atoms with Crippen LogP contribution >= 0.6 is 0 Å². The highest BCUT2D eigenvalue weighted by Crippen LogP contribution is 2.25. The maximum absolute atomic E-state index is 12.6. The molecule has 1 aliphatic rings. The Kier molecular flexibility index (Phi) is 7.86. The van der Waals surface area contributed by atoms with Gasteiger partial charge in [-0.15, -0.1) is 0 Å². The number of hydrogen-bond acceptors (Lipinski definition) is 5. The molecule has 1 fully saturated rings. The predicted molar refractivity (Wildman–Crippen MR) is 110 cm³/mol. The van der Waals surface area contributed by atoms with E-state index in [1.165, 1.54) is 19.2 Å². The van der Waals surface area contributed by atoms with Crippen molar-refractivity contribution in [3.8, 4) is 5.75 Å². The van der Waals surface area contributed by atoms with Crippen molar-refractivity contribution < 1.29 is 17.9 Å². The Labute approximate surface area is 168 Å². The molecule has 7 nitrogen and oxygen atoms in total. The molecule has 1 saturated heterocycles. The molecule has 1 heterocycles. The lowest BCUT2D eigenvalue weighted by molar-refractivity contribution is 0.0922. The monoisotopic (exact) mass is 411 g/mol. The van der Waals surface area contributed by atoms with E-state index >= 15 is 0 Å². The van der Waals surface area contributed by atoms with E-state index in [2.05, 4.69) is 28.8 Å². The number of nitrogens with zero attached hydrogens (tertiary/aromatic N) is 1. The number of benzene rings is 1. The summed E-state index contributed by atoms with van der Waals surface area (Å²) < 4.78 is 32.9. The van der Waals surface area contributed by atoms with Gasteiger partial charge in [0.2, 0.25) is 10.0 Å². The number of hydrogen-bond donors (Lipinski definition) is 2. The zero-order valence-corrected chi connectivity index (χ0v) is 18.3. The molecule has 0 saturated carbocycles. The summed E-state index contributed by atoms with van der Waals surface area (Å²) in [6.45, 7) is 10.5. The van der Waals surface area contributed by atoms with E-state index in [9.17, 15) is 13.2 Å².